The second-order valence-electron chi connectivity index (χ2n) is 7.83. The summed E-state index contributed by atoms with van der Waals surface area (Å²) in [4.78, 5) is 25.6. The first-order chi connectivity index (χ1) is 15.9. The van der Waals surface area contributed by atoms with Crippen molar-refractivity contribution in [1.29, 1.82) is 0 Å². The van der Waals surface area contributed by atoms with E-state index in [0.29, 0.717) is 40.6 Å². The number of halogens is 1. The Balaban J connectivity index is 1.56. The third kappa shape index (κ3) is 4.64. The SMILES string of the molecule is COc1ccccc1-c1cc2n(C)c(C)c(CCC(=O)NCc3ccc(Cl)cc3)c(=O)n2n1. The molecule has 0 radical (unpaired) electrons. The Morgan fingerprint density at radius 2 is 1.88 bits per heavy atom. The van der Waals surface area contributed by atoms with Crippen molar-refractivity contribution in [2.45, 2.75) is 26.3 Å². The largest absolute Gasteiger partial charge is 0.496 e. The summed E-state index contributed by atoms with van der Waals surface area (Å²) < 4.78 is 8.77. The Morgan fingerprint density at radius 3 is 2.61 bits per heavy atom. The van der Waals surface area contributed by atoms with Crippen molar-refractivity contribution >= 4 is 23.2 Å². The van der Waals surface area contributed by atoms with Crippen molar-refractivity contribution in [3.05, 3.63) is 86.8 Å². The van der Waals surface area contributed by atoms with Crippen LogP contribution in [0.4, 0.5) is 0 Å². The first kappa shape index (κ1) is 22.6. The maximum Gasteiger partial charge on any atom is 0.277 e. The normalized spacial score (nSPS) is 11.0. The summed E-state index contributed by atoms with van der Waals surface area (Å²) in [6.07, 6.45) is 0.528. The van der Waals surface area contributed by atoms with Crippen molar-refractivity contribution in [1.82, 2.24) is 19.5 Å². The molecular formula is C25H25ClN4O3. The molecule has 1 N–H and O–H groups in total. The van der Waals surface area contributed by atoms with Gasteiger partial charge >= 0.3 is 0 Å². The van der Waals surface area contributed by atoms with Crippen LogP contribution in [0.2, 0.25) is 5.02 Å². The van der Waals surface area contributed by atoms with Crippen LogP contribution in [0.1, 0.15) is 23.2 Å². The number of ether oxygens (including phenoxy) is 1. The number of benzene rings is 2. The Hall–Kier alpha value is -3.58. The lowest BCUT2D eigenvalue weighted by molar-refractivity contribution is -0.121. The number of hydrogen-bond acceptors (Lipinski definition) is 4. The molecule has 2 aromatic carbocycles. The highest BCUT2D eigenvalue weighted by Gasteiger charge is 2.18. The quantitative estimate of drug-likeness (QED) is 0.449. The van der Waals surface area contributed by atoms with Crippen molar-refractivity contribution < 1.29 is 9.53 Å². The first-order valence-corrected chi connectivity index (χ1v) is 11.0. The number of methoxy groups -OCH3 is 1. The Bertz CT molecular complexity index is 1370. The molecule has 0 aliphatic heterocycles. The molecule has 2 aromatic heterocycles. The summed E-state index contributed by atoms with van der Waals surface area (Å²) in [5, 5.41) is 8.10. The predicted molar refractivity (Wildman–Crippen MR) is 129 cm³/mol. The zero-order valence-electron chi connectivity index (χ0n) is 18.8. The maximum absolute atomic E-state index is 13.2. The molecule has 1 amide bonds. The van der Waals surface area contributed by atoms with Crippen LogP contribution in [0.5, 0.6) is 5.75 Å². The van der Waals surface area contributed by atoms with Gasteiger partial charge in [0, 0.05) is 47.9 Å². The van der Waals surface area contributed by atoms with Gasteiger partial charge in [0.1, 0.15) is 11.4 Å². The van der Waals surface area contributed by atoms with Crippen LogP contribution in [0.3, 0.4) is 0 Å². The lowest BCUT2D eigenvalue weighted by Crippen LogP contribution is -2.27. The van der Waals surface area contributed by atoms with Gasteiger partial charge in [-0.2, -0.15) is 9.61 Å². The molecule has 170 valence electrons. The number of amides is 1. The van der Waals surface area contributed by atoms with Crippen LogP contribution < -0.4 is 15.6 Å². The van der Waals surface area contributed by atoms with Gasteiger partial charge in [-0.15, -0.1) is 0 Å². The van der Waals surface area contributed by atoms with Crippen LogP contribution in [0, 0.1) is 6.92 Å². The van der Waals surface area contributed by atoms with E-state index in [9.17, 15) is 9.59 Å². The van der Waals surface area contributed by atoms with E-state index in [-0.39, 0.29) is 17.9 Å². The van der Waals surface area contributed by atoms with E-state index in [1.807, 2.05) is 61.0 Å². The highest BCUT2D eigenvalue weighted by molar-refractivity contribution is 6.30. The Morgan fingerprint density at radius 1 is 1.15 bits per heavy atom. The summed E-state index contributed by atoms with van der Waals surface area (Å²) >= 11 is 5.89. The van der Waals surface area contributed by atoms with Crippen molar-refractivity contribution in [2.75, 3.05) is 7.11 Å². The van der Waals surface area contributed by atoms with Crippen molar-refractivity contribution in [3.63, 3.8) is 0 Å². The summed E-state index contributed by atoms with van der Waals surface area (Å²) in [7, 11) is 3.50. The summed E-state index contributed by atoms with van der Waals surface area (Å²) in [6, 6.07) is 16.7. The number of hydrogen-bond donors (Lipinski definition) is 1. The van der Waals surface area contributed by atoms with Gasteiger partial charge in [-0.1, -0.05) is 35.9 Å². The maximum atomic E-state index is 13.2. The highest BCUT2D eigenvalue weighted by Crippen LogP contribution is 2.29. The van der Waals surface area contributed by atoms with Gasteiger partial charge in [-0.05, 0) is 43.2 Å². The standard InChI is InChI=1S/C25H25ClN4O3/c1-16-19(12-13-23(31)27-15-17-8-10-18(26)11-9-17)25(32)30-24(29(16)2)14-21(28-30)20-6-4-5-7-22(20)33-3/h4-11,14H,12-13,15H2,1-3H3,(H,27,31). The molecule has 0 fully saturated rings. The lowest BCUT2D eigenvalue weighted by atomic mass is 10.1. The molecule has 4 aromatic rings. The van der Waals surface area contributed by atoms with Gasteiger partial charge in [0.2, 0.25) is 5.91 Å². The number of aromatic nitrogens is 3. The summed E-state index contributed by atoms with van der Waals surface area (Å²) in [5.74, 6) is 0.562. The molecule has 8 heteroatoms. The highest BCUT2D eigenvalue weighted by atomic mass is 35.5. The van der Waals surface area contributed by atoms with Crippen LogP contribution in [0.15, 0.2) is 59.4 Å². The molecule has 0 atom stereocenters. The number of nitrogens with one attached hydrogen (secondary N) is 1. The van der Waals surface area contributed by atoms with Gasteiger partial charge < -0.3 is 14.6 Å². The van der Waals surface area contributed by atoms with Crippen LogP contribution in [0.25, 0.3) is 16.9 Å². The molecule has 0 unspecified atom stereocenters. The first-order valence-electron chi connectivity index (χ1n) is 10.6. The Kier molecular flexibility index (Phi) is 6.51. The average Bonchev–Trinajstić information content (AvgIpc) is 3.28. The number of fused-ring (bicyclic) bond motifs is 1. The van der Waals surface area contributed by atoms with Crippen LogP contribution in [-0.2, 0) is 24.8 Å². The van der Waals surface area contributed by atoms with E-state index in [0.717, 1.165) is 16.8 Å². The van der Waals surface area contributed by atoms with Gasteiger partial charge in [0.25, 0.3) is 5.56 Å². The number of carbonyl (C=O) groups excluding carboxylic acids is 1. The fourth-order valence-electron chi connectivity index (χ4n) is 3.82. The van der Waals surface area contributed by atoms with Crippen LogP contribution >= 0.6 is 11.6 Å². The van der Waals surface area contributed by atoms with Gasteiger partial charge in [-0.3, -0.25) is 9.59 Å². The molecule has 0 bridgehead atoms. The molecule has 0 aliphatic carbocycles. The van der Waals surface area contributed by atoms with E-state index >= 15 is 0 Å². The smallest absolute Gasteiger partial charge is 0.277 e. The number of aryl methyl sites for hydroxylation is 1. The monoisotopic (exact) mass is 464 g/mol. The predicted octanol–water partition coefficient (Wildman–Crippen LogP) is 3.92. The van der Waals surface area contributed by atoms with Gasteiger partial charge in [-0.25, -0.2) is 0 Å². The molecule has 0 spiro atoms. The zero-order valence-corrected chi connectivity index (χ0v) is 19.5. The van der Waals surface area contributed by atoms with Crippen LogP contribution in [-0.4, -0.2) is 27.2 Å². The molecule has 4 rings (SSSR count). The molecule has 0 saturated carbocycles. The lowest BCUT2D eigenvalue weighted by Gasteiger charge is -2.12. The Labute approximate surface area is 196 Å². The number of rotatable bonds is 7. The number of para-hydroxylation sites is 1. The van der Waals surface area contributed by atoms with E-state index < -0.39 is 0 Å². The molecule has 7 nitrogen and oxygen atoms in total. The van der Waals surface area contributed by atoms with Gasteiger partial charge in [0.05, 0.1) is 12.8 Å². The summed E-state index contributed by atoms with van der Waals surface area (Å²) in [5.41, 5.74) is 4.26. The average molecular weight is 465 g/mol. The molecule has 0 saturated heterocycles. The molecule has 0 aliphatic rings. The second kappa shape index (κ2) is 9.50. The molecule has 2 heterocycles. The topological polar surface area (TPSA) is 77.6 Å². The zero-order chi connectivity index (χ0) is 23.5. The third-order valence-corrected chi connectivity index (χ3v) is 6.06. The minimum Gasteiger partial charge on any atom is -0.496 e. The van der Waals surface area contributed by atoms with E-state index in [1.165, 1.54) is 4.52 Å². The number of nitrogens with zero attached hydrogens (tertiary/aromatic N) is 3. The fourth-order valence-corrected chi connectivity index (χ4v) is 3.95. The second-order valence-corrected chi connectivity index (χ2v) is 8.27. The summed E-state index contributed by atoms with van der Waals surface area (Å²) in [6.45, 7) is 2.30. The van der Waals surface area contributed by atoms with Crippen molar-refractivity contribution in [3.8, 4) is 17.0 Å². The third-order valence-electron chi connectivity index (χ3n) is 5.81. The minimum absolute atomic E-state index is 0.123. The van der Waals surface area contributed by atoms with E-state index in [2.05, 4.69) is 10.4 Å². The van der Waals surface area contributed by atoms with Crippen molar-refractivity contribution in [2.24, 2.45) is 7.05 Å². The van der Waals surface area contributed by atoms with Gasteiger partial charge in [0.15, 0.2) is 0 Å². The van der Waals surface area contributed by atoms with E-state index in [4.69, 9.17) is 16.3 Å². The molecule has 33 heavy (non-hydrogen) atoms. The fraction of sp³-hybridized carbons (Fsp3) is 0.240. The molecular weight excluding hydrogens is 440 g/mol. The van der Waals surface area contributed by atoms with E-state index in [1.54, 1.807) is 19.2 Å². The minimum atomic E-state index is -0.216. The number of carbonyl (C=O) groups is 1.